The maximum absolute atomic E-state index is 12.9. The van der Waals surface area contributed by atoms with Crippen LogP contribution in [-0.4, -0.2) is 36.7 Å². The average molecular weight is 440 g/mol. The number of rotatable bonds is 4. The highest BCUT2D eigenvalue weighted by atomic mass is 32.2. The predicted octanol–water partition coefficient (Wildman–Crippen LogP) is 3.75. The van der Waals surface area contributed by atoms with Gasteiger partial charge in [-0.25, -0.2) is 13.4 Å². The van der Waals surface area contributed by atoms with Crippen molar-refractivity contribution in [2.24, 2.45) is 5.92 Å². The van der Waals surface area contributed by atoms with E-state index in [0.717, 1.165) is 22.6 Å². The maximum atomic E-state index is 12.9. The van der Waals surface area contributed by atoms with E-state index in [1.165, 1.54) is 21.2 Å². The molecule has 1 atom stereocenters. The van der Waals surface area contributed by atoms with Crippen LogP contribution in [0.15, 0.2) is 59.5 Å². The number of hydrogen-bond acceptors (Lipinski definition) is 5. The molecular weight excluding hydrogens is 418 g/mol. The Balaban J connectivity index is 1.30. The highest BCUT2D eigenvalue weighted by Gasteiger charge is 2.34. The van der Waals surface area contributed by atoms with Gasteiger partial charge in [0.25, 0.3) is 0 Å². The first-order valence-corrected chi connectivity index (χ1v) is 12.2. The summed E-state index contributed by atoms with van der Waals surface area (Å²) >= 11 is 1.50. The smallest absolute Gasteiger partial charge is 0.243 e. The number of amides is 1. The number of nitrogens with zero attached hydrogens (tertiary/aromatic N) is 2. The summed E-state index contributed by atoms with van der Waals surface area (Å²) < 4.78 is 27.2. The number of hydrogen-bond donors (Lipinski definition) is 1. The van der Waals surface area contributed by atoms with Crippen LogP contribution in [0.1, 0.15) is 23.3 Å². The SMILES string of the molecule is O=C(Nc1nc2c(s1)Cc1ccccc1-2)C1CCCN(S(=O)(=O)c2ccccc2)C1. The molecule has 0 radical (unpaired) electrons. The van der Waals surface area contributed by atoms with E-state index in [1.54, 1.807) is 30.3 Å². The van der Waals surface area contributed by atoms with Gasteiger partial charge in [-0.15, -0.1) is 11.3 Å². The van der Waals surface area contributed by atoms with E-state index in [0.29, 0.717) is 24.5 Å². The van der Waals surface area contributed by atoms with Crippen LogP contribution < -0.4 is 5.32 Å². The van der Waals surface area contributed by atoms with Gasteiger partial charge in [-0.2, -0.15) is 4.31 Å². The van der Waals surface area contributed by atoms with Crippen LogP contribution in [0.3, 0.4) is 0 Å². The molecule has 2 aromatic carbocycles. The number of anilines is 1. The van der Waals surface area contributed by atoms with Gasteiger partial charge in [-0.05, 0) is 30.5 Å². The molecule has 1 saturated heterocycles. The number of fused-ring (bicyclic) bond motifs is 3. The molecule has 1 amide bonds. The maximum Gasteiger partial charge on any atom is 0.243 e. The van der Waals surface area contributed by atoms with Crippen molar-refractivity contribution in [3.63, 3.8) is 0 Å². The Morgan fingerprint density at radius 3 is 2.70 bits per heavy atom. The van der Waals surface area contributed by atoms with E-state index >= 15 is 0 Å². The Morgan fingerprint density at radius 1 is 1.10 bits per heavy atom. The highest BCUT2D eigenvalue weighted by molar-refractivity contribution is 7.89. The Bertz CT molecular complexity index is 1210. The Kier molecular flexibility index (Phi) is 4.92. The minimum atomic E-state index is -3.59. The molecule has 1 N–H and O–H groups in total. The minimum absolute atomic E-state index is 0.163. The van der Waals surface area contributed by atoms with Gasteiger partial charge in [0.05, 0.1) is 16.5 Å². The van der Waals surface area contributed by atoms with E-state index in [1.807, 2.05) is 12.1 Å². The van der Waals surface area contributed by atoms with E-state index < -0.39 is 10.0 Å². The third kappa shape index (κ3) is 3.45. The van der Waals surface area contributed by atoms with E-state index in [4.69, 9.17) is 0 Å². The zero-order valence-electron chi connectivity index (χ0n) is 16.2. The lowest BCUT2D eigenvalue weighted by Gasteiger charge is -2.31. The van der Waals surface area contributed by atoms with Crippen LogP contribution >= 0.6 is 11.3 Å². The average Bonchev–Trinajstić information content (AvgIpc) is 3.31. The van der Waals surface area contributed by atoms with Gasteiger partial charge in [-0.1, -0.05) is 42.5 Å². The molecule has 154 valence electrons. The van der Waals surface area contributed by atoms with Gasteiger partial charge >= 0.3 is 0 Å². The topological polar surface area (TPSA) is 79.4 Å². The Labute approximate surface area is 179 Å². The predicted molar refractivity (Wildman–Crippen MR) is 117 cm³/mol. The van der Waals surface area contributed by atoms with Crippen molar-refractivity contribution in [3.8, 4) is 11.3 Å². The monoisotopic (exact) mass is 439 g/mol. The second kappa shape index (κ2) is 7.61. The van der Waals surface area contributed by atoms with Crippen molar-refractivity contribution in [3.05, 3.63) is 65.0 Å². The fourth-order valence-electron chi connectivity index (χ4n) is 4.14. The van der Waals surface area contributed by atoms with Gasteiger partial charge in [0.1, 0.15) is 0 Å². The molecule has 1 fully saturated rings. The molecule has 30 heavy (non-hydrogen) atoms. The summed E-state index contributed by atoms with van der Waals surface area (Å²) in [6.07, 6.45) is 2.16. The molecule has 0 bridgehead atoms. The third-order valence-electron chi connectivity index (χ3n) is 5.69. The van der Waals surface area contributed by atoms with Gasteiger partial charge < -0.3 is 5.32 Å². The second-order valence-electron chi connectivity index (χ2n) is 7.63. The molecule has 1 aromatic heterocycles. The molecule has 2 aliphatic rings. The van der Waals surface area contributed by atoms with Crippen LogP contribution in [0.4, 0.5) is 5.13 Å². The summed E-state index contributed by atoms with van der Waals surface area (Å²) in [6.45, 7) is 0.625. The summed E-state index contributed by atoms with van der Waals surface area (Å²) in [5, 5.41) is 3.52. The molecule has 3 aromatic rings. The molecule has 1 aliphatic heterocycles. The standard InChI is InChI=1S/C22H21N3O3S2/c26-21(24-22-23-20-18-11-5-4-7-15(18)13-19(20)29-22)16-8-6-12-25(14-16)30(27,28)17-9-2-1-3-10-17/h1-5,7,9-11,16H,6,8,12-14H2,(H,23,24,26). The highest BCUT2D eigenvalue weighted by Crippen LogP contribution is 2.41. The normalized spacial score (nSPS) is 18.6. The number of nitrogens with one attached hydrogen (secondary N) is 1. The Morgan fingerprint density at radius 2 is 1.87 bits per heavy atom. The number of thiazole rings is 1. The lowest BCUT2D eigenvalue weighted by atomic mass is 9.99. The van der Waals surface area contributed by atoms with Crippen molar-refractivity contribution >= 4 is 32.4 Å². The molecule has 2 heterocycles. The number of sulfonamides is 1. The molecule has 1 aliphatic carbocycles. The molecule has 0 spiro atoms. The van der Waals surface area contributed by atoms with Crippen molar-refractivity contribution in [1.82, 2.24) is 9.29 Å². The minimum Gasteiger partial charge on any atom is -0.302 e. The van der Waals surface area contributed by atoms with Crippen LogP contribution in [0.2, 0.25) is 0 Å². The Hall–Kier alpha value is -2.55. The van der Waals surface area contributed by atoms with Crippen LogP contribution in [0.25, 0.3) is 11.3 Å². The van der Waals surface area contributed by atoms with Crippen LogP contribution in [0, 0.1) is 5.92 Å². The third-order valence-corrected chi connectivity index (χ3v) is 8.54. The zero-order chi connectivity index (χ0) is 20.7. The van der Waals surface area contributed by atoms with Crippen LogP contribution in [0.5, 0.6) is 0 Å². The first kappa shape index (κ1) is 19.4. The van der Waals surface area contributed by atoms with Gasteiger partial charge in [0.2, 0.25) is 15.9 Å². The van der Waals surface area contributed by atoms with Gasteiger partial charge in [0, 0.05) is 30.0 Å². The van der Waals surface area contributed by atoms with Crippen molar-refractivity contribution < 1.29 is 13.2 Å². The van der Waals surface area contributed by atoms with Crippen molar-refractivity contribution in [2.45, 2.75) is 24.2 Å². The molecular formula is C22H21N3O3S2. The van der Waals surface area contributed by atoms with E-state index in [9.17, 15) is 13.2 Å². The summed E-state index contributed by atoms with van der Waals surface area (Å²) in [4.78, 5) is 18.9. The second-order valence-corrected chi connectivity index (χ2v) is 10.7. The number of piperidine rings is 1. The summed E-state index contributed by atoms with van der Waals surface area (Å²) in [5.41, 5.74) is 3.34. The van der Waals surface area contributed by atoms with Crippen molar-refractivity contribution in [1.29, 1.82) is 0 Å². The summed E-state index contributed by atoms with van der Waals surface area (Å²) in [7, 11) is -3.59. The molecule has 6 nitrogen and oxygen atoms in total. The first-order valence-electron chi connectivity index (χ1n) is 9.96. The lowest BCUT2D eigenvalue weighted by Crippen LogP contribution is -2.43. The first-order chi connectivity index (χ1) is 14.5. The zero-order valence-corrected chi connectivity index (χ0v) is 17.9. The number of aromatic nitrogens is 1. The quantitative estimate of drug-likeness (QED) is 0.525. The largest absolute Gasteiger partial charge is 0.302 e. The number of carbonyl (C=O) groups excluding carboxylic acids is 1. The van der Waals surface area contributed by atoms with Crippen molar-refractivity contribution in [2.75, 3.05) is 18.4 Å². The molecule has 1 unspecified atom stereocenters. The molecule has 0 saturated carbocycles. The molecule has 5 rings (SSSR count). The summed E-state index contributed by atoms with van der Waals surface area (Å²) in [6, 6.07) is 16.6. The fraction of sp³-hybridized carbons (Fsp3) is 0.273. The van der Waals surface area contributed by atoms with Crippen LogP contribution in [-0.2, 0) is 21.2 Å². The lowest BCUT2D eigenvalue weighted by molar-refractivity contribution is -0.120. The fourth-order valence-corrected chi connectivity index (χ4v) is 6.68. The summed E-state index contributed by atoms with van der Waals surface area (Å²) in [5.74, 6) is -0.549. The molecule has 8 heteroatoms. The number of benzene rings is 2. The van der Waals surface area contributed by atoms with E-state index in [-0.39, 0.29) is 23.3 Å². The van der Waals surface area contributed by atoms with Gasteiger partial charge in [-0.3, -0.25) is 4.79 Å². The van der Waals surface area contributed by atoms with Gasteiger partial charge in [0.15, 0.2) is 5.13 Å². The van der Waals surface area contributed by atoms with E-state index in [2.05, 4.69) is 22.4 Å². The number of carbonyl (C=O) groups is 1.